The Hall–Kier alpha value is -1.55. The molecule has 1 aromatic rings. The van der Waals surface area contributed by atoms with Gasteiger partial charge in [-0.25, -0.2) is 0 Å². The molecule has 0 radical (unpaired) electrons. The van der Waals surface area contributed by atoms with Crippen molar-refractivity contribution in [1.29, 1.82) is 0 Å². The highest BCUT2D eigenvalue weighted by Gasteiger charge is 2.18. The van der Waals surface area contributed by atoms with Crippen LogP contribution < -0.4 is 10.6 Å². The first-order valence-corrected chi connectivity index (χ1v) is 7.72. The number of ether oxygens (including phenoxy) is 1. The van der Waals surface area contributed by atoms with Gasteiger partial charge in [0.25, 0.3) is 5.91 Å². The Kier molecular flexibility index (Phi) is 7.23. The molecule has 4 nitrogen and oxygen atoms in total. The molecule has 0 aliphatic carbocycles. The SMILES string of the molecule is CCNc1ccc(C(=O)NC(COCC)C(C)C)c(C)c1. The van der Waals surface area contributed by atoms with Crippen LogP contribution in [0, 0.1) is 12.8 Å². The van der Waals surface area contributed by atoms with Gasteiger partial charge in [-0.3, -0.25) is 4.79 Å². The van der Waals surface area contributed by atoms with Crippen molar-refractivity contribution in [3.63, 3.8) is 0 Å². The van der Waals surface area contributed by atoms with Crippen molar-refractivity contribution in [2.75, 3.05) is 25.1 Å². The van der Waals surface area contributed by atoms with E-state index < -0.39 is 0 Å². The molecule has 1 rings (SSSR count). The van der Waals surface area contributed by atoms with Gasteiger partial charge in [-0.05, 0) is 50.5 Å². The third-order valence-corrected chi connectivity index (χ3v) is 3.47. The van der Waals surface area contributed by atoms with Crippen LogP contribution in [0.3, 0.4) is 0 Å². The summed E-state index contributed by atoms with van der Waals surface area (Å²) >= 11 is 0. The predicted molar refractivity (Wildman–Crippen MR) is 87.9 cm³/mol. The summed E-state index contributed by atoms with van der Waals surface area (Å²) < 4.78 is 5.45. The van der Waals surface area contributed by atoms with Crippen molar-refractivity contribution in [2.24, 2.45) is 5.92 Å². The van der Waals surface area contributed by atoms with Crippen LogP contribution in [0.5, 0.6) is 0 Å². The van der Waals surface area contributed by atoms with Crippen LogP contribution in [0.25, 0.3) is 0 Å². The number of nitrogens with one attached hydrogen (secondary N) is 2. The van der Waals surface area contributed by atoms with Gasteiger partial charge in [-0.2, -0.15) is 0 Å². The fourth-order valence-electron chi connectivity index (χ4n) is 2.12. The monoisotopic (exact) mass is 292 g/mol. The molecule has 0 saturated heterocycles. The highest BCUT2D eigenvalue weighted by atomic mass is 16.5. The van der Waals surface area contributed by atoms with E-state index in [9.17, 15) is 4.79 Å². The molecule has 0 aliphatic heterocycles. The Morgan fingerprint density at radius 3 is 2.52 bits per heavy atom. The second-order valence-corrected chi connectivity index (χ2v) is 5.54. The Morgan fingerprint density at radius 2 is 2.00 bits per heavy atom. The van der Waals surface area contributed by atoms with E-state index in [-0.39, 0.29) is 11.9 Å². The fraction of sp³-hybridized carbons (Fsp3) is 0.588. The summed E-state index contributed by atoms with van der Waals surface area (Å²) in [7, 11) is 0. The zero-order chi connectivity index (χ0) is 15.8. The lowest BCUT2D eigenvalue weighted by atomic mass is 10.0. The highest BCUT2D eigenvalue weighted by molar-refractivity contribution is 5.96. The van der Waals surface area contributed by atoms with Crippen LogP contribution in [-0.2, 0) is 4.74 Å². The number of anilines is 1. The number of hydrogen-bond donors (Lipinski definition) is 2. The summed E-state index contributed by atoms with van der Waals surface area (Å²) in [6.07, 6.45) is 0. The molecule has 2 N–H and O–H groups in total. The molecule has 118 valence electrons. The second kappa shape index (κ2) is 8.67. The third kappa shape index (κ3) is 5.38. The molecular formula is C17H28N2O2. The topological polar surface area (TPSA) is 50.4 Å². The van der Waals surface area contributed by atoms with Crippen molar-refractivity contribution in [2.45, 2.75) is 40.7 Å². The number of hydrogen-bond acceptors (Lipinski definition) is 3. The van der Waals surface area contributed by atoms with E-state index in [2.05, 4.69) is 31.4 Å². The Balaban J connectivity index is 2.77. The highest BCUT2D eigenvalue weighted by Crippen LogP contribution is 2.16. The molecule has 1 aromatic carbocycles. The van der Waals surface area contributed by atoms with Gasteiger partial charge >= 0.3 is 0 Å². The number of carbonyl (C=O) groups excluding carboxylic acids is 1. The van der Waals surface area contributed by atoms with Gasteiger partial charge < -0.3 is 15.4 Å². The minimum atomic E-state index is -0.0334. The van der Waals surface area contributed by atoms with Gasteiger partial charge in [-0.1, -0.05) is 13.8 Å². The van der Waals surface area contributed by atoms with Crippen molar-refractivity contribution >= 4 is 11.6 Å². The van der Waals surface area contributed by atoms with Gasteiger partial charge in [0.15, 0.2) is 0 Å². The van der Waals surface area contributed by atoms with Crippen molar-refractivity contribution in [1.82, 2.24) is 5.32 Å². The number of amides is 1. The summed E-state index contributed by atoms with van der Waals surface area (Å²) in [5.74, 6) is 0.302. The molecule has 21 heavy (non-hydrogen) atoms. The first-order chi connectivity index (χ1) is 9.99. The lowest BCUT2D eigenvalue weighted by Gasteiger charge is -2.22. The molecular weight excluding hydrogens is 264 g/mol. The van der Waals surface area contributed by atoms with Gasteiger partial charge in [0, 0.05) is 24.4 Å². The largest absolute Gasteiger partial charge is 0.385 e. The Morgan fingerprint density at radius 1 is 1.29 bits per heavy atom. The summed E-state index contributed by atoms with van der Waals surface area (Å²) in [5.41, 5.74) is 2.74. The van der Waals surface area contributed by atoms with Crippen LogP contribution in [0.2, 0.25) is 0 Å². The maximum absolute atomic E-state index is 12.4. The summed E-state index contributed by atoms with van der Waals surface area (Å²) in [6, 6.07) is 5.86. The smallest absolute Gasteiger partial charge is 0.251 e. The number of carbonyl (C=O) groups is 1. The Bertz CT molecular complexity index is 458. The molecule has 0 aromatic heterocycles. The molecule has 0 spiro atoms. The van der Waals surface area contributed by atoms with Gasteiger partial charge in [0.2, 0.25) is 0 Å². The summed E-state index contributed by atoms with van der Waals surface area (Å²) in [6.45, 7) is 12.2. The maximum Gasteiger partial charge on any atom is 0.251 e. The maximum atomic E-state index is 12.4. The van der Waals surface area contributed by atoms with Crippen LogP contribution in [0.15, 0.2) is 18.2 Å². The van der Waals surface area contributed by atoms with E-state index >= 15 is 0 Å². The molecule has 0 heterocycles. The number of aryl methyl sites for hydroxylation is 1. The van der Waals surface area contributed by atoms with E-state index in [1.807, 2.05) is 32.0 Å². The Labute approximate surface area is 128 Å². The normalized spacial score (nSPS) is 12.3. The number of rotatable bonds is 8. The third-order valence-electron chi connectivity index (χ3n) is 3.47. The van der Waals surface area contributed by atoms with Crippen LogP contribution in [-0.4, -0.2) is 31.7 Å². The summed E-state index contributed by atoms with van der Waals surface area (Å²) in [5, 5.41) is 6.33. The fourth-order valence-corrected chi connectivity index (χ4v) is 2.12. The van der Waals surface area contributed by atoms with Crippen LogP contribution in [0.4, 0.5) is 5.69 Å². The number of benzene rings is 1. The first kappa shape index (κ1) is 17.5. The van der Waals surface area contributed by atoms with Crippen molar-refractivity contribution in [3.8, 4) is 0 Å². The second-order valence-electron chi connectivity index (χ2n) is 5.54. The van der Waals surface area contributed by atoms with E-state index in [0.717, 1.165) is 23.4 Å². The zero-order valence-electron chi connectivity index (χ0n) is 13.8. The molecule has 1 atom stereocenters. The standard InChI is InChI=1S/C17H28N2O2/c1-6-18-14-8-9-15(13(5)10-14)17(20)19-16(12(3)4)11-21-7-2/h8-10,12,16,18H,6-7,11H2,1-5H3,(H,19,20). The van der Waals surface area contributed by atoms with Crippen LogP contribution in [0.1, 0.15) is 43.6 Å². The van der Waals surface area contributed by atoms with Gasteiger partial charge in [0.1, 0.15) is 0 Å². The molecule has 0 saturated carbocycles. The molecule has 1 amide bonds. The average Bonchev–Trinajstić information content (AvgIpc) is 2.43. The van der Waals surface area contributed by atoms with Crippen molar-refractivity contribution in [3.05, 3.63) is 29.3 Å². The van der Waals surface area contributed by atoms with E-state index in [4.69, 9.17) is 4.74 Å². The van der Waals surface area contributed by atoms with E-state index in [0.29, 0.717) is 19.1 Å². The van der Waals surface area contributed by atoms with E-state index in [1.165, 1.54) is 0 Å². The van der Waals surface area contributed by atoms with Crippen LogP contribution >= 0.6 is 0 Å². The van der Waals surface area contributed by atoms with E-state index in [1.54, 1.807) is 0 Å². The molecule has 0 aliphatic rings. The minimum Gasteiger partial charge on any atom is -0.385 e. The quantitative estimate of drug-likeness (QED) is 0.773. The molecule has 1 unspecified atom stereocenters. The van der Waals surface area contributed by atoms with Crippen molar-refractivity contribution < 1.29 is 9.53 Å². The lowest BCUT2D eigenvalue weighted by Crippen LogP contribution is -2.42. The average molecular weight is 292 g/mol. The minimum absolute atomic E-state index is 0.0327. The molecule has 4 heteroatoms. The predicted octanol–water partition coefficient (Wildman–Crippen LogP) is 3.22. The van der Waals surface area contributed by atoms with Gasteiger partial charge in [-0.15, -0.1) is 0 Å². The first-order valence-electron chi connectivity index (χ1n) is 7.72. The molecule has 0 bridgehead atoms. The molecule has 0 fully saturated rings. The zero-order valence-corrected chi connectivity index (χ0v) is 13.8. The summed E-state index contributed by atoms with van der Waals surface area (Å²) in [4.78, 5) is 12.4. The lowest BCUT2D eigenvalue weighted by molar-refractivity contribution is 0.0805. The van der Waals surface area contributed by atoms with Gasteiger partial charge in [0.05, 0.1) is 12.6 Å².